The number of aliphatic hydroxyl groups is 1. The molecule has 0 saturated carbocycles. The number of nitrogens with one attached hydrogen (secondary N) is 2. The lowest BCUT2D eigenvalue weighted by Gasteiger charge is -2.47. The van der Waals surface area contributed by atoms with Crippen LogP contribution in [0, 0.1) is 59.6 Å². The number of nitro benzene ring substituents is 2. The van der Waals surface area contributed by atoms with Gasteiger partial charge in [-0.1, -0.05) is 41.5 Å². The molecule has 2 saturated heterocycles. The number of nitro groups is 2. The molecule has 1 aromatic heterocycles. The average Bonchev–Trinajstić information content (AvgIpc) is 4.09. The summed E-state index contributed by atoms with van der Waals surface area (Å²) >= 11 is 0. The third-order valence-corrected chi connectivity index (χ3v) is 24.5. The number of halogens is 2. The lowest BCUT2D eigenvalue weighted by atomic mass is 9.84. The summed E-state index contributed by atoms with van der Waals surface area (Å²) in [6, 6.07) is 20.1. The van der Waals surface area contributed by atoms with Crippen molar-refractivity contribution in [3.63, 3.8) is 0 Å². The number of aromatic nitrogens is 2. The Morgan fingerprint density at radius 3 is 1.72 bits per heavy atom. The number of ether oxygens (including phenoxy) is 3. The highest BCUT2D eigenvalue weighted by Crippen LogP contribution is 2.40. The first-order chi connectivity index (χ1) is 38.1. The second-order valence-electron chi connectivity index (χ2n) is 24.5. The van der Waals surface area contributed by atoms with E-state index in [2.05, 4.69) is 107 Å². The molecular weight excluding hydrogens is 1090 g/mol. The quantitative estimate of drug-likeness (QED) is 0.0198. The number of aliphatic hydroxyl groups excluding tert-OH is 1. The Kier molecular flexibility index (Phi) is 24.8. The predicted molar refractivity (Wildman–Crippen MR) is 328 cm³/mol. The number of anilines is 4. The third kappa shape index (κ3) is 20.5. The Morgan fingerprint density at radius 2 is 1.22 bits per heavy atom. The molecule has 0 bridgehead atoms. The van der Waals surface area contributed by atoms with Gasteiger partial charge >= 0.3 is 0 Å². The number of piperidine rings is 1. The zero-order valence-corrected chi connectivity index (χ0v) is 53.1. The first-order valence-electron chi connectivity index (χ1n) is 27.9. The fourth-order valence-electron chi connectivity index (χ4n) is 8.83. The van der Waals surface area contributed by atoms with Gasteiger partial charge in [0.15, 0.2) is 28.3 Å². The van der Waals surface area contributed by atoms with E-state index in [0.29, 0.717) is 55.5 Å². The van der Waals surface area contributed by atoms with Crippen molar-refractivity contribution in [2.24, 2.45) is 0 Å². The van der Waals surface area contributed by atoms with Crippen LogP contribution in [0.3, 0.4) is 0 Å². The van der Waals surface area contributed by atoms with Crippen LogP contribution in [-0.4, -0.2) is 110 Å². The zero-order valence-electron chi connectivity index (χ0n) is 51.1. The maximum Gasteiger partial charge on any atom is 0.269 e. The first kappa shape index (κ1) is 68.2. The maximum absolute atomic E-state index is 14.5. The van der Waals surface area contributed by atoms with Crippen LogP contribution >= 0.6 is 0 Å². The molecule has 0 aliphatic carbocycles. The molecule has 0 radical (unpaired) electrons. The molecular formula is C60H90F2N8O10Si2. The first-order valence-corrected chi connectivity index (χ1v) is 33.7. The summed E-state index contributed by atoms with van der Waals surface area (Å²) < 4.78 is 56.0. The minimum absolute atomic E-state index is 0.0322. The van der Waals surface area contributed by atoms with Crippen molar-refractivity contribution >= 4 is 51.2 Å². The molecule has 2 atom stereocenters. The molecule has 2 aliphatic rings. The Hall–Kier alpha value is -6.31. The van der Waals surface area contributed by atoms with Gasteiger partial charge in [-0.05, 0) is 181 Å². The summed E-state index contributed by atoms with van der Waals surface area (Å²) in [4.78, 5) is 31.0. The lowest BCUT2D eigenvalue weighted by Crippen LogP contribution is -2.55. The van der Waals surface area contributed by atoms with E-state index in [9.17, 15) is 29.0 Å². The Morgan fingerprint density at radius 1 is 0.720 bits per heavy atom. The van der Waals surface area contributed by atoms with Crippen molar-refractivity contribution < 1.29 is 46.8 Å². The summed E-state index contributed by atoms with van der Waals surface area (Å²) in [6.07, 6.45) is 5.60. The zero-order chi connectivity index (χ0) is 61.4. The number of non-ortho nitro benzene ring substituents is 2. The number of nitrogen functional groups attached to an aromatic ring is 1. The van der Waals surface area contributed by atoms with E-state index < -0.39 is 38.1 Å². The van der Waals surface area contributed by atoms with Gasteiger partial charge in [0.25, 0.3) is 11.4 Å². The van der Waals surface area contributed by atoms with Gasteiger partial charge in [-0.25, -0.2) is 13.8 Å². The molecule has 2 aliphatic heterocycles. The van der Waals surface area contributed by atoms with Crippen molar-refractivity contribution in [3.8, 4) is 17.2 Å². The Labute approximate surface area is 486 Å². The number of fused-ring (bicyclic) bond motifs is 1. The van der Waals surface area contributed by atoms with Crippen LogP contribution in [0.2, 0.25) is 36.3 Å². The third-order valence-electron chi connectivity index (χ3n) is 15.5. The van der Waals surface area contributed by atoms with Crippen LogP contribution in [0.1, 0.15) is 103 Å². The summed E-state index contributed by atoms with van der Waals surface area (Å²) in [5, 5.41) is 36.7. The largest absolute Gasteiger partial charge is 0.491 e. The predicted octanol–water partition coefficient (Wildman–Crippen LogP) is 14.2. The monoisotopic (exact) mass is 1180 g/mol. The van der Waals surface area contributed by atoms with E-state index in [1.54, 1.807) is 13.0 Å². The Balaban J connectivity index is 0.000000249. The van der Waals surface area contributed by atoms with Gasteiger partial charge in [0.05, 0.1) is 35.9 Å². The highest BCUT2D eigenvalue weighted by atomic mass is 28.4. The normalized spacial score (nSPS) is 15.9. The van der Waals surface area contributed by atoms with E-state index >= 15 is 0 Å². The smallest absolute Gasteiger partial charge is 0.269 e. The number of aryl methyl sites for hydroxylation is 4. The van der Waals surface area contributed by atoms with Crippen molar-refractivity contribution in [2.75, 3.05) is 62.6 Å². The fraction of sp³-hybridized carbons (Fsp3) is 0.533. The molecule has 3 heterocycles. The molecule has 0 amide bonds. The molecule has 4 aromatic carbocycles. The van der Waals surface area contributed by atoms with Gasteiger partial charge in [0.2, 0.25) is 5.95 Å². The second-order valence-corrected chi connectivity index (χ2v) is 34.1. The van der Waals surface area contributed by atoms with Gasteiger partial charge in [-0.3, -0.25) is 25.1 Å². The SMILES string of the molecule is Cc1cc(N)ccc1OCCO[Si](C)(C)C(C)(C)C.Cc1cc(Nc2ncc(F)c(N[C@@H]3C[C@@H]4CCCN4C(C)(C)C3)n2)ccc1OCCO.Cc1cc([N+](=O)[O-])ccc1F.Cc1cc([N+](=O)[O-])ccc1OCCO[Si](C)(C)C(C)(C)C. The highest BCUT2D eigenvalue weighted by Gasteiger charge is 2.43. The molecule has 0 unspecified atom stereocenters. The van der Waals surface area contributed by atoms with Gasteiger partial charge in [-0.2, -0.15) is 4.98 Å². The minimum atomic E-state index is -1.75. The Bertz CT molecular complexity index is 2900. The number of hydrogen-bond donors (Lipinski definition) is 4. The molecule has 7 rings (SSSR count). The highest BCUT2D eigenvalue weighted by molar-refractivity contribution is 6.74. The molecule has 82 heavy (non-hydrogen) atoms. The van der Waals surface area contributed by atoms with E-state index in [4.69, 9.17) is 33.9 Å². The topological polar surface area (TPSA) is 232 Å². The standard InChI is InChI=1S/C23H32FN5O2.C15H25NO4Si.C15H27NO2Si.C7H6FNO2/c1-15-11-16(6-7-20(15)31-10-9-30)27-22-25-14-19(24)21(28-22)26-17-12-18-5-4-8-29(18)23(2,3)13-17;1-12-11-13(16(17)18)7-8-14(12)19-9-10-20-21(5,6)15(2,3)4;1-12-11-13(16)7-8-14(12)17-9-10-18-19(5,6)15(2,3)4;1-5-4-6(9(10)11)2-3-7(5)8/h6-7,11,14,17-18,30H,4-5,8-10,12-13H2,1-3H3,(H2,25,26,27,28);7-8,11H,9-10H2,1-6H3;7-8,11H,9-10,16H2,1-6H3;2-4H,1H3/t17-,18+;;;/m1.../s1. The van der Waals surface area contributed by atoms with E-state index in [0.717, 1.165) is 65.3 Å². The molecule has 2 fully saturated rings. The van der Waals surface area contributed by atoms with E-state index in [1.807, 2.05) is 50.2 Å². The van der Waals surface area contributed by atoms with Crippen molar-refractivity contribution in [1.29, 1.82) is 0 Å². The maximum atomic E-state index is 14.5. The van der Waals surface area contributed by atoms with E-state index in [1.165, 1.54) is 44.2 Å². The molecule has 5 N–H and O–H groups in total. The van der Waals surface area contributed by atoms with Gasteiger partial charge < -0.3 is 44.5 Å². The van der Waals surface area contributed by atoms with Crippen LogP contribution in [0.5, 0.6) is 17.2 Å². The molecule has 5 aromatic rings. The van der Waals surface area contributed by atoms with Crippen LogP contribution in [-0.2, 0) is 8.85 Å². The summed E-state index contributed by atoms with van der Waals surface area (Å²) in [7, 11) is -3.42. The second kappa shape index (κ2) is 29.8. The number of hydrogen-bond acceptors (Lipinski definition) is 16. The van der Waals surface area contributed by atoms with Crippen LogP contribution in [0.25, 0.3) is 0 Å². The molecule has 0 spiro atoms. The van der Waals surface area contributed by atoms with Gasteiger partial charge in [0, 0.05) is 53.3 Å². The minimum Gasteiger partial charge on any atom is -0.491 e. The summed E-state index contributed by atoms with van der Waals surface area (Å²) in [5.41, 5.74) is 10.4. The van der Waals surface area contributed by atoms with Crippen LogP contribution < -0.4 is 30.6 Å². The van der Waals surface area contributed by atoms with Crippen molar-refractivity contribution in [2.45, 2.75) is 163 Å². The number of rotatable bonds is 19. The van der Waals surface area contributed by atoms with Gasteiger partial charge in [-0.15, -0.1) is 0 Å². The van der Waals surface area contributed by atoms with Crippen LogP contribution in [0.15, 0.2) is 79.0 Å². The number of nitrogens with two attached hydrogens (primary N) is 1. The molecule has 22 heteroatoms. The average molecular weight is 1180 g/mol. The number of nitrogens with zero attached hydrogens (tertiary/aromatic N) is 5. The van der Waals surface area contributed by atoms with Crippen molar-refractivity contribution in [1.82, 2.24) is 14.9 Å². The molecule has 452 valence electrons. The number of benzene rings is 4. The summed E-state index contributed by atoms with van der Waals surface area (Å²) in [6.45, 7) is 37.6. The lowest BCUT2D eigenvalue weighted by molar-refractivity contribution is -0.385. The van der Waals surface area contributed by atoms with Crippen molar-refractivity contribution in [3.05, 3.63) is 133 Å². The van der Waals surface area contributed by atoms with E-state index in [-0.39, 0.29) is 52.1 Å². The van der Waals surface area contributed by atoms with Crippen LogP contribution in [0.4, 0.5) is 43.3 Å². The summed E-state index contributed by atoms with van der Waals surface area (Å²) in [5.74, 6) is 1.97. The molecule has 18 nitrogen and oxygen atoms in total. The van der Waals surface area contributed by atoms with Gasteiger partial charge in [0.1, 0.15) is 42.9 Å². The fourth-order valence-corrected chi connectivity index (χ4v) is 10.9.